The van der Waals surface area contributed by atoms with Crippen LogP contribution in [0.15, 0.2) is 97.1 Å². The minimum atomic E-state index is -2.87. The van der Waals surface area contributed by atoms with E-state index in [2.05, 4.69) is 0 Å². The number of hydrogen-bond acceptors (Lipinski definition) is 37. The number of phenolic OH excluding ortho intramolecular Hbond substituents is 20. The predicted molar refractivity (Wildman–Crippen MR) is 316 cm³/mol. The van der Waals surface area contributed by atoms with Gasteiger partial charge in [-0.2, -0.15) is 0 Å². The van der Waals surface area contributed by atoms with Gasteiger partial charge in [-0.05, 0) is 110 Å². The van der Waals surface area contributed by atoms with E-state index in [1.54, 1.807) is 0 Å². The summed E-state index contributed by atoms with van der Waals surface area (Å²) < 4.78 is 49.9. The molecule has 1 heterocycles. The van der Waals surface area contributed by atoms with Crippen LogP contribution < -0.4 is 14.2 Å². The van der Waals surface area contributed by atoms with Crippen molar-refractivity contribution >= 4 is 47.8 Å². The van der Waals surface area contributed by atoms with Crippen molar-refractivity contribution in [1.82, 2.24) is 0 Å². The van der Waals surface area contributed by atoms with Gasteiger partial charge >= 0.3 is 47.8 Å². The van der Waals surface area contributed by atoms with Crippen LogP contribution in [0, 0.1) is 6.92 Å². The van der Waals surface area contributed by atoms with Crippen molar-refractivity contribution in [1.29, 1.82) is 0 Å². The number of phenols is 20. The molecule has 0 spiro atoms. The molecule has 37 nitrogen and oxygen atoms in total. The molecule has 0 aliphatic carbocycles. The molecule has 0 bridgehead atoms. The van der Waals surface area contributed by atoms with Gasteiger partial charge < -0.3 is 145 Å². The van der Waals surface area contributed by atoms with Gasteiger partial charge in [0, 0.05) is 0 Å². The summed E-state index contributed by atoms with van der Waals surface area (Å²) >= 11 is 0. The Bertz CT molecular complexity index is 4630. The van der Waals surface area contributed by atoms with E-state index in [1.165, 1.54) is 6.92 Å². The van der Waals surface area contributed by atoms with Gasteiger partial charge in [0.25, 0.3) is 0 Å². The van der Waals surface area contributed by atoms with E-state index in [-0.39, 0.29) is 5.56 Å². The van der Waals surface area contributed by atoms with Crippen LogP contribution in [0.2, 0.25) is 0 Å². The minimum absolute atomic E-state index is 0.226. The molecule has 0 radical (unpaired) electrons. The summed E-state index contributed by atoms with van der Waals surface area (Å²) in [6, 6.07) is 8.43. The predicted octanol–water partition coefficient (Wildman–Crippen LogP) is 4.18. The Hall–Kier alpha value is -14.5. The number of aryl methyl sites for hydroxylation is 1. The molecule has 37 heteroatoms. The van der Waals surface area contributed by atoms with Crippen molar-refractivity contribution in [3.05, 3.63) is 147 Å². The Kier molecular flexibility index (Phi) is 19.2. The lowest BCUT2D eigenvalue weighted by Crippen LogP contribution is -2.63. The van der Waals surface area contributed by atoms with Gasteiger partial charge in [-0.25, -0.2) is 38.4 Å². The molecular weight excluding hydrogens is 1350 g/mol. The third-order valence-corrected chi connectivity index (χ3v) is 14.1. The first-order chi connectivity index (χ1) is 47.0. The number of carbonyl (C=O) groups is 8. The highest BCUT2D eigenvalue weighted by molar-refractivity contribution is 5.98. The SMILES string of the molecule is Cc1cc(C(=O)OC2OC(COC(=O)c3cc(O)c(O)c(O)c3)C(OC(=O)c3cc(O)c(O)c(OC(=O)c4cc(O)c(O)c(O)c4)c3)C(OC(=O)c3cc(O)c(O)c(OC(=O)c4cc(O)c(O)c(O)c4)c3)C2OC(=O)c2cc(O)c(O)c(OC(=O)c3cc(O)c(O)c(O)c3)c2)cc(O)c1O. The zero-order chi connectivity index (χ0) is 73.4. The van der Waals surface area contributed by atoms with E-state index in [9.17, 15) is 140 Å². The first-order valence-electron chi connectivity index (χ1n) is 27.5. The van der Waals surface area contributed by atoms with Gasteiger partial charge in [-0.15, -0.1) is 0 Å². The van der Waals surface area contributed by atoms with Crippen molar-refractivity contribution in [3.63, 3.8) is 0 Å². The first kappa shape index (κ1) is 69.8. The molecule has 1 saturated heterocycles. The summed E-state index contributed by atoms with van der Waals surface area (Å²) in [5.41, 5.74) is -7.18. The molecule has 1 aliphatic rings. The molecule has 0 saturated carbocycles. The van der Waals surface area contributed by atoms with Gasteiger partial charge in [0.1, 0.15) is 12.7 Å². The molecule has 5 atom stereocenters. The molecule has 0 aromatic heterocycles. The Morgan fingerprint density at radius 2 is 0.520 bits per heavy atom. The van der Waals surface area contributed by atoms with E-state index in [1.807, 2.05) is 0 Å². The fraction of sp³-hybridized carbons (Fsp3) is 0.111. The zero-order valence-electron chi connectivity index (χ0n) is 49.7. The number of esters is 8. The normalized spacial score (nSPS) is 15.5. The van der Waals surface area contributed by atoms with E-state index < -0.39 is 262 Å². The number of hydrogen-bond donors (Lipinski definition) is 20. The number of rotatable bonds is 17. The largest absolute Gasteiger partial charge is 0.504 e. The van der Waals surface area contributed by atoms with Crippen molar-refractivity contribution in [3.8, 4) is 132 Å². The molecule has 0 amide bonds. The Labute approximate surface area is 552 Å². The summed E-state index contributed by atoms with van der Waals surface area (Å²) in [7, 11) is 0. The van der Waals surface area contributed by atoms with Crippen LogP contribution in [0.4, 0.5) is 0 Å². The number of ether oxygens (including phenoxy) is 9. The third kappa shape index (κ3) is 14.4. The molecule has 20 N–H and O–H groups in total. The van der Waals surface area contributed by atoms with Gasteiger partial charge in [0.05, 0.1) is 44.5 Å². The zero-order valence-corrected chi connectivity index (χ0v) is 49.7. The molecule has 8 aromatic rings. The van der Waals surface area contributed by atoms with Gasteiger partial charge in [-0.3, -0.25) is 0 Å². The van der Waals surface area contributed by atoms with E-state index in [4.69, 9.17) is 42.6 Å². The molecule has 520 valence electrons. The monoisotopic (exact) mass is 1390 g/mol. The lowest BCUT2D eigenvalue weighted by molar-refractivity contribution is -0.282. The maximum absolute atomic E-state index is 14.9. The highest BCUT2D eigenvalue weighted by Gasteiger charge is 2.55. The van der Waals surface area contributed by atoms with E-state index in [0.29, 0.717) is 91.0 Å². The summed E-state index contributed by atoms with van der Waals surface area (Å²) in [5.74, 6) is -40.3. The van der Waals surface area contributed by atoms with Crippen LogP contribution in [-0.4, -0.2) is 187 Å². The maximum atomic E-state index is 14.9. The maximum Gasteiger partial charge on any atom is 0.343 e. The summed E-state index contributed by atoms with van der Waals surface area (Å²) in [5, 5.41) is 207. The fourth-order valence-electron chi connectivity index (χ4n) is 9.11. The molecule has 100 heavy (non-hydrogen) atoms. The second-order valence-corrected chi connectivity index (χ2v) is 21.0. The van der Waals surface area contributed by atoms with Gasteiger partial charge in [0.15, 0.2) is 127 Å². The molecule has 1 fully saturated rings. The average Bonchev–Trinajstić information content (AvgIpc) is 0.768. The average molecular weight is 1400 g/mol. The summed E-state index contributed by atoms with van der Waals surface area (Å²) in [4.78, 5) is 113. The lowest BCUT2D eigenvalue weighted by Gasteiger charge is -2.43. The van der Waals surface area contributed by atoms with Crippen LogP contribution >= 0.6 is 0 Å². The van der Waals surface area contributed by atoms with Crippen LogP contribution in [-0.2, 0) is 28.4 Å². The number of benzene rings is 8. The standard InChI is InChI=1S/C63H46O37/c1-19-2-20(3-28(64)44(19)76)62(91)100-63-54(99-61(90)27-14-39(75)51(83)42(17-27)95-58(87)24-10-35(71)48(80)36(72)11-24)53(98-60(89)26-13-38(74)50(82)41(16-26)94-57(86)23-8-33(69)47(79)34(70)9-23)52(43(96-63)18-92-55(84)21-4-29(65)45(77)30(66)5-21)97-59(88)25-12-37(73)49(81)40(15-25)93-56(85)22-6-31(67)46(78)32(68)7-22/h2-17,43,52-54,63-83H,18H2,1H3. The van der Waals surface area contributed by atoms with Crippen molar-refractivity contribution in [2.75, 3.05) is 6.61 Å². The Balaban J connectivity index is 1.21. The molecular formula is C63H46O37. The third-order valence-electron chi connectivity index (χ3n) is 14.1. The van der Waals surface area contributed by atoms with Crippen LogP contribution in [0.25, 0.3) is 0 Å². The van der Waals surface area contributed by atoms with Crippen molar-refractivity contribution in [2.24, 2.45) is 0 Å². The second-order valence-electron chi connectivity index (χ2n) is 21.0. The lowest BCUT2D eigenvalue weighted by atomic mass is 9.97. The van der Waals surface area contributed by atoms with Gasteiger partial charge in [-0.1, -0.05) is 0 Å². The minimum Gasteiger partial charge on any atom is -0.504 e. The highest BCUT2D eigenvalue weighted by atomic mass is 16.7. The second kappa shape index (κ2) is 27.4. The van der Waals surface area contributed by atoms with Crippen LogP contribution in [0.1, 0.15) is 88.4 Å². The van der Waals surface area contributed by atoms with Gasteiger partial charge in [0.2, 0.25) is 29.6 Å². The Morgan fingerprint density at radius 1 is 0.280 bits per heavy atom. The highest BCUT2D eigenvalue weighted by Crippen LogP contribution is 2.45. The van der Waals surface area contributed by atoms with E-state index >= 15 is 0 Å². The molecule has 5 unspecified atom stereocenters. The summed E-state index contributed by atoms with van der Waals surface area (Å²) in [6.07, 6.45) is -13.7. The first-order valence-corrected chi connectivity index (χ1v) is 27.5. The smallest absolute Gasteiger partial charge is 0.343 e. The topological polar surface area (TPSA) is 624 Å². The molecule has 1 aliphatic heterocycles. The number of carbonyl (C=O) groups excluding carboxylic acids is 8. The quantitative estimate of drug-likeness (QED) is 0.0263. The molecule has 9 rings (SSSR count). The van der Waals surface area contributed by atoms with Crippen molar-refractivity contribution < 1.29 is 183 Å². The summed E-state index contributed by atoms with van der Waals surface area (Å²) in [6.45, 7) is -0.294. The Morgan fingerprint density at radius 3 is 0.830 bits per heavy atom. The van der Waals surface area contributed by atoms with Crippen LogP contribution in [0.3, 0.4) is 0 Å². The fourth-order valence-corrected chi connectivity index (χ4v) is 9.11. The molecule has 8 aromatic carbocycles. The number of aromatic hydroxyl groups is 20. The van der Waals surface area contributed by atoms with Crippen LogP contribution in [0.5, 0.6) is 132 Å². The van der Waals surface area contributed by atoms with E-state index in [0.717, 1.165) is 6.07 Å². The van der Waals surface area contributed by atoms with Crippen molar-refractivity contribution in [2.45, 2.75) is 37.6 Å².